The predicted molar refractivity (Wildman–Crippen MR) is 90.0 cm³/mol. The SMILES string of the molecule is CC(=O)N1CCN(c2ccnc(C(=O)NCC3CCCO3)c2)CC1. The molecule has 0 aliphatic carbocycles. The van der Waals surface area contributed by atoms with Crippen molar-refractivity contribution < 1.29 is 14.3 Å². The highest BCUT2D eigenvalue weighted by atomic mass is 16.5. The number of nitrogens with zero attached hydrogens (tertiary/aromatic N) is 3. The van der Waals surface area contributed by atoms with E-state index in [1.54, 1.807) is 13.1 Å². The highest BCUT2D eigenvalue weighted by molar-refractivity contribution is 5.93. The van der Waals surface area contributed by atoms with Gasteiger partial charge < -0.3 is 19.9 Å². The van der Waals surface area contributed by atoms with Crippen molar-refractivity contribution in [3.63, 3.8) is 0 Å². The molecule has 1 N–H and O–H groups in total. The zero-order chi connectivity index (χ0) is 16.9. The standard InChI is InChI=1S/C17H24N4O3/c1-13(22)20-6-8-21(9-7-20)14-4-5-18-16(11-14)17(23)19-12-15-3-2-10-24-15/h4-5,11,15H,2-3,6-10,12H2,1H3,(H,19,23). The smallest absolute Gasteiger partial charge is 0.270 e. The minimum atomic E-state index is -0.172. The number of nitrogens with one attached hydrogen (secondary N) is 1. The van der Waals surface area contributed by atoms with Crippen molar-refractivity contribution in [2.75, 3.05) is 44.2 Å². The molecule has 1 aromatic heterocycles. The molecule has 2 fully saturated rings. The molecule has 0 saturated carbocycles. The lowest BCUT2D eigenvalue weighted by atomic mass is 10.2. The van der Waals surface area contributed by atoms with E-state index in [2.05, 4.69) is 15.2 Å². The Morgan fingerprint density at radius 1 is 1.33 bits per heavy atom. The zero-order valence-electron chi connectivity index (χ0n) is 14.0. The molecule has 1 unspecified atom stereocenters. The molecule has 1 aromatic rings. The number of hydrogen-bond donors (Lipinski definition) is 1. The third-order valence-corrected chi connectivity index (χ3v) is 4.58. The molecule has 2 aliphatic heterocycles. The van der Waals surface area contributed by atoms with E-state index in [0.29, 0.717) is 25.3 Å². The first-order valence-electron chi connectivity index (χ1n) is 8.50. The summed E-state index contributed by atoms with van der Waals surface area (Å²) in [6.07, 6.45) is 3.83. The van der Waals surface area contributed by atoms with Gasteiger partial charge in [-0.1, -0.05) is 0 Å². The lowest BCUT2D eigenvalue weighted by Gasteiger charge is -2.35. The molecule has 3 heterocycles. The molecule has 24 heavy (non-hydrogen) atoms. The Balaban J connectivity index is 1.57. The van der Waals surface area contributed by atoms with Crippen LogP contribution >= 0.6 is 0 Å². The maximum absolute atomic E-state index is 12.3. The summed E-state index contributed by atoms with van der Waals surface area (Å²) in [4.78, 5) is 31.9. The minimum absolute atomic E-state index is 0.110. The Morgan fingerprint density at radius 2 is 2.12 bits per heavy atom. The molecule has 7 nitrogen and oxygen atoms in total. The van der Waals surface area contributed by atoms with Gasteiger partial charge >= 0.3 is 0 Å². The van der Waals surface area contributed by atoms with Crippen molar-refractivity contribution in [1.29, 1.82) is 0 Å². The van der Waals surface area contributed by atoms with E-state index < -0.39 is 0 Å². The van der Waals surface area contributed by atoms with Crippen LogP contribution in [0.15, 0.2) is 18.3 Å². The van der Waals surface area contributed by atoms with Gasteiger partial charge in [0.05, 0.1) is 6.10 Å². The summed E-state index contributed by atoms with van der Waals surface area (Å²) < 4.78 is 5.51. The van der Waals surface area contributed by atoms with E-state index in [0.717, 1.165) is 38.2 Å². The number of rotatable bonds is 4. The van der Waals surface area contributed by atoms with Gasteiger partial charge in [0.2, 0.25) is 5.91 Å². The normalized spacial score (nSPS) is 21.0. The van der Waals surface area contributed by atoms with Crippen LogP contribution in [0.5, 0.6) is 0 Å². The van der Waals surface area contributed by atoms with Crippen LogP contribution in [-0.4, -0.2) is 67.1 Å². The summed E-state index contributed by atoms with van der Waals surface area (Å²) in [5.41, 5.74) is 1.38. The summed E-state index contributed by atoms with van der Waals surface area (Å²) in [6, 6.07) is 3.72. The van der Waals surface area contributed by atoms with Gasteiger partial charge in [0.25, 0.3) is 5.91 Å². The van der Waals surface area contributed by atoms with Gasteiger partial charge in [-0.15, -0.1) is 0 Å². The number of piperazine rings is 1. The number of carbonyl (C=O) groups is 2. The van der Waals surface area contributed by atoms with E-state index in [-0.39, 0.29) is 17.9 Å². The van der Waals surface area contributed by atoms with E-state index in [4.69, 9.17) is 4.74 Å². The van der Waals surface area contributed by atoms with Crippen molar-refractivity contribution in [3.8, 4) is 0 Å². The van der Waals surface area contributed by atoms with Gasteiger partial charge in [-0.05, 0) is 25.0 Å². The molecule has 2 aliphatic rings. The summed E-state index contributed by atoms with van der Waals surface area (Å²) in [7, 11) is 0. The van der Waals surface area contributed by atoms with Gasteiger partial charge in [0, 0.05) is 58.1 Å². The van der Waals surface area contributed by atoms with Crippen molar-refractivity contribution in [2.45, 2.75) is 25.9 Å². The second-order valence-corrected chi connectivity index (χ2v) is 6.24. The van der Waals surface area contributed by atoms with Crippen molar-refractivity contribution in [1.82, 2.24) is 15.2 Å². The Labute approximate surface area is 142 Å². The molecule has 0 radical (unpaired) electrons. The average Bonchev–Trinajstić information content (AvgIpc) is 3.13. The maximum Gasteiger partial charge on any atom is 0.270 e. The third kappa shape index (κ3) is 4.03. The van der Waals surface area contributed by atoms with Crippen LogP contribution in [0.4, 0.5) is 5.69 Å². The lowest BCUT2D eigenvalue weighted by Crippen LogP contribution is -2.48. The molecular formula is C17H24N4O3. The van der Waals surface area contributed by atoms with Gasteiger partial charge in [0.1, 0.15) is 5.69 Å². The van der Waals surface area contributed by atoms with Crippen LogP contribution < -0.4 is 10.2 Å². The molecule has 130 valence electrons. The molecule has 2 saturated heterocycles. The topological polar surface area (TPSA) is 74.8 Å². The fourth-order valence-electron chi connectivity index (χ4n) is 3.12. The number of ether oxygens (including phenoxy) is 1. The average molecular weight is 332 g/mol. The Hall–Kier alpha value is -2.15. The monoisotopic (exact) mass is 332 g/mol. The fourth-order valence-corrected chi connectivity index (χ4v) is 3.12. The number of anilines is 1. The summed E-state index contributed by atoms with van der Waals surface area (Å²) >= 11 is 0. The highest BCUT2D eigenvalue weighted by Crippen LogP contribution is 2.17. The van der Waals surface area contributed by atoms with E-state index in [1.165, 1.54) is 0 Å². The maximum atomic E-state index is 12.3. The van der Waals surface area contributed by atoms with Gasteiger partial charge in [-0.25, -0.2) is 0 Å². The van der Waals surface area contributed by atoms with Crippen molar-refractivity contribution in [3.05, 3.63) is 24.0 Å². The third-order valence-electron chi connectivity index (χ3n) is 4.58. The fraction of sp³-hybridized carbons (Fsp3) is 0.588. The van der Waals surface area contributed by atoms with Gasteiger partial charge in [-0.3, -0.25) is 14.6 Å². The Bertz CT molecular complexity index is 593. The quantitative estimate of drug-likeness (QED) is 0.877. The molecule has 0 spiro atoms. The van der Waals surface area contributed by atoms with Crippen LogP contribution in [0.25, 0.3) is 0 Å². The molecule has 7 heteroatoms. The van der Waals surface area contributed by atoms with Gasteiger partial charge in [0.15, 0.2) is 0 Å². The Kier molecular flexibility index (Phi) is 5.30. The van der Waals surface area contributed by atoms with Crippen LogP contribution in [0.3, 0.4) is 0 Å². The van der Waals surface area contributed by atoms with Crippen LogP contribution in [0.2, 0.25) is 0 Å². The number of pyridine rings is 1. The first kappa shape index (κ1) is 16.7. The predicted octanol–water partition coefficient (Wildman–Crippen LogP) is 0.659. The second kappa shape index (κ2) is 7.61. The van der Waals surface area contributed by atoms with Gasteiger partial charge in [-0.2, -0.15) is 0 Å². The Morgan fingerprint density at radius 3 is 2.79 bits per heavy atom. The molecule has 0 bridgehead atoms. The first-order chi connectivity index (χ1) is 11.6. The molecule has 0 aromatic carbocycles. The largest absolute Gasteiger partial charge is 0.376 e. The molecule has 1 atom stereocenters. The van der Waals surface area contributed by atoms with E-state index in [9.17, 15) is 9.59 Å². The summed E-state index contributed by atoms with van der Waals surface area (Å²) in [5, 5.41) is 2.90. The minimum Gasteiger partial charge on any atom is -0.376 e. The highest BCUT2D eigenvalue weighted by Gasteiger charge is 2.20. The molecule has 2 amide bonds. The number of carbonyl (C=O) groups excluding carboxylic acids is 2. The summed E-state index contributed by atoms with van der Waals surface area (Å²) in [6.45, 7) is 5.85. The molecular weight excluding hydrogens is 308 g/mol. The molecule has 3 rings (SSSR count). The van der Waals surface area contributed by atoms with Crippen LogP contribution in [-0.2, 0) is 9.53 Å². The van der Waals surface area contributed by atoms with Crippen molar-refractivity contribution >= 4 is 17.5 Å². The van der Waals surface area contributed by atoms with Crippen molar-refractivity contribution in [2.24, 2.45) is 0 Å². The van der Waals surface area contributed by atoms with Crippen LogP contribution in [0, 0.1) is 0 Å². The van der Waals surface area contributed by atoms with Crippen LogP contribution in [0.1, 0.15) is 30.3 Å². The lowest BCUT2D eigenvalue weighted by molar-refractivity contribution is -0.129. The number of hydrogen-bond acceptors (Lipinski definition) is 5. The summed E-state index contributed by atoms with van der Waals surface area (Å²) in [5.74, 6) is -0.0618. The number of amides is 2. The second-order valence-electron chi connectivity index (χ2n) is 6.24. The van der Waals surface area contributed by atoms with E-state index >= 15 is 0 Å². The number of aromatic nitrogens is 1. The van der Waals surface area contributed by atoms with E-state index in [1.807, 2.05) is 17.0 Å². The zero-order valence-corrected chi connectivity index (χ0v) is 14.0. The first-order valence-corrected chi connectivity index (χ1v) is 8.50.